The van der Waals surface area contributed by atoms with Gasteiger partial charge in [-0.25, -0.2) is 8.42 Å². The predicted molar refractivity (Wildman–Crippen MR) is 120 cm³/mol. The summed E-state index contributed by atoms with van der Waals surface area (Å²) >= 11 is 0. The van der Waals surface area contributed by atoms with Crippen molar-refractivity contribution in [1.29, 1.82) is 0 Å². The highest BCUT2D eigenvalue weighted by Gasteiger charge is 2.39. The molecule has 0 N–H and O–H groups in total. The Kier molecular flexibility index (Phi) is 6.27. The van der Waals surface area contributed by atoms with Gasteiger partial charge in [-0.3, -0.25) is 0 Å². The molecular formula is C24H29O2S2+. The van der Waals surface area contributed by atoms with Gasteiger partial charge in [-0.2, -0.15) is 0 Å². The van der Waals surface area contributed by atoms with E-state index in [1.54, 1.807) is 0 Å². The smallest absolute Gasteiger partial charge is 0.180 e. The Morgan fingerprint density at radius 3 is 2.25 bits per heavy atom. The SMILES string of the molecule is O=S(=O)(C1=CCC([S+](c2ccccc2)C2C=CC=CC2)C=C1)C1CCCCC1. The zero-order chi connectivity index (χ0) is 19.4. The van der Waals surface area contributed by atoms with Crippen LogP contribution in [0.3, 0.4) is 0 Å². The van der Waals surface area contributed by atoms with Crippen molar-refractivity contribution in [2.75, 3.05) is 0 Å². The van der Waals surface area contributed by atoms with Crippen LogP contribution < -0.4 is 0 Å². The van der Waals surface area contributed by atoms with Gasteiger partial charge < -0.3 is 0 Å². The standard InChI is InChI=1S/C24H29O2S2/c25-28(26,23-14-8-3-9-15-23)24-18-16-22(17-19-24)27(20-10-4-1-5-11-20)21-12-6-2-7-13-21/h1-2,4-7,10-12,16,18-19,21-23H,3,8-9,13-15,17H2/q+1. The lowest BCUT2D eigenvalue weighted by Gasteiger charge is -2.26. The molecule has 3 atom stereocenters. The molecule has 3 aliphatic rings. The second-order valence-corrected chi connectivity index (χ2v) is 12.5. The highest BCUT2D eigenvalue weighted by molar-refractivity contribution is 7.98. The van der Waals surface area contributed by atoms with E-state index in [9.17, 15) is 8.42 Å². The summed E-state index contributed by atoms with van der Waals surface area (Å²) in [7, 11) is -3.14. The van der Waals surface area contributed by atoms with E-state index in [2.05, 4.69) is 60.7 Å². The summed E-state index contributed by atoms with van der Waals surface area (Å²) in [6.07, 6.45) is 21.7. The first kappa shape index (κ1) is 19.8. The number of hydrogen-bond acceptors (Lipinski definition) is 2. The van der Waals surface area contributed by atoms with Gasteiger partial charge in [0, 0.05) is 23.7 Å². The van der Waals surface area contributed by atoms with Gasteiger partial charge in [0.1, 0.15) is 10.5 Å². The van der Waals surface area contributed by atoms with E-state index >= 15 is 0 Å². The van der Waals surface area contributed by atoms with Crippen LogP contribution in [0.2, 0.25) is 0 Å². The molecule has 4 rings (SSSR count). The van der Waals surface area contributed by atoms with Crippen molar-refractivity contribution < 1.29 is 8.42 Å². The molecule has 0 amide bonds. The maximum atomic E-state index is 13.1. The maximum Gasteiger partial charge on any atom is 0.180 e. The van der Waals surface area contributed by atoms with Crippen LogP contribution >= 0.6 is 0 Å². The number of benzene rings is 1. The third kappa shape index (κ3) is 4.23. The van der Waals surface area contributed by atoms with Crippen LogP contribution in [0.15, 0.2) is 82.7 Å². The molecule has 3 unspecified atom stereocenters. The van der Waals surface area contributed by atoms with Gasteiger partial charge in [0.25, 0.3) is 0 Å². The van der Waals surface area contributed by atoms with Crippen LogP contribution in [-0.2, 0) is 20.7 Å². The summed E-state index contributed by atoms with van der Waals surface area (Å²) in [4.78, 5) is 1.93. The average Bonchev–Trinajstić information content (AvgIpc) is 2.76. The fourth-order valence-corrected chi connectivity index (χ4v) is 9.13. The summed E-state index contributed by atoms with van der Waals surface area (Å²) in [6.45, 7) is 0. The van der Waals surface area contributed by atoms with E-state index in [-0.39, 0.29) is 16.1 Å². The predicted octanol–water partition coefficient (Wildman–Crippen LogP) is 5.51. The van der Waals surface area contributed by atoms with E-state index in [0.29, 0.717) is 15.4 Å². The van der Waals surface area contributed by atoms with Crippen molar-refractivity contribution >= 4 is 20.7 Å². The molecule has 0 radical (unpaired) electrons. The molecule has 0 aliphatic heterocycles. The molecule has 1 fully saturated rings. The quantitative estimate of drug-likeness (QED) is 0.597. The van der Waals surface area contributed by atoms with Crippen molar-refractivity contribution in [1.82, 2.24) is 0 Å². The molecule has 3 aliphatic carbocycles. The second-order valence-electron chi connectivity index (χ2n) is 7.82. The van der Waals surface area contributed by atoms with Gasteiger partial charge in [0.05, 0.1) is 10.2 Å². The Balaban J connectivity index is 1.55. The van der Waals surface area contributed by atoms with E-state index in [4.69, 9.17) is 0 Å². The third-order valence-electron chi connectivity index (χ3n) is 5.96. The molecule has 0 spiro atoms. The first-order chi connectivity index (χ1) is 13.7. The van der Waals surface area contributed by atoms with Gasteiger partial charge >= 0.3 is 0 Å². The minimum Gasteiger partial charge on any atom is -0.223 e. The highest BCUT2D eigenvalue weighted by Crippen LogP contribution is 2.35. The molecule has 0 bridgehead atoms. The summed E-state index contributed by atoms with van der Waals surface area (Å²) in [5.74, 6) is 0. The zero-order valence-electron chi connectivity index (χ0n) is 16.2. The summed E-state index contributed by atoms with van der Waals surface area (Å²) in [6, 6.07) is 10.7. The Bertz CT molecular complexity index is 888. The molecule has 2 nitrogen and oxygen atoms in total. The molecule has 1 aromatic carbocycles. The summed E-state index contributed by atoms with van der Waals surface area (Å²) in [5, 5.41) is 0.660. The van der Waals surface area contributed by atoms with E-state index < -0.39 is 9.84 Å². The lowest BCUT2D eigenvalue weighted by atomic mass is 10.0. The van der Waals surface area contributed by atoms with Gasteiger partial charge in [0.15, 0.2) is 14.7 Å². The fourth-order valence-electron chi connectivity index (χ4n) is 4.45. The van der Waals surface area contributed by atoms with Crippen LogP contribution in [-0.4, -0.2) is 24.2 Å². The Morgan fingerprint density at radius 1 is 0.857 bits per heavy atom. The van der Waals surface area contributed by atoms with Crippen molar-refractivity contribution in [3.05, 3.63) is 77.8 Å². The molecule has 1 aromatic rings. The molecule has 0 heterocycles. The first-order valence-electron chi connectivity index (χ1n) is 10.4. The van der Waals surface area contributed by atoms with E-state index in [1.165, 1.54) is 11.3 Å². The largest absolute Gasteiger partial charge is 0.223 e. The summed E-state index contributed by atoms with van der Waals surface area (Å²) < 4.78 is 26.1. The Hall–Kier alpha value is -1.52. The van der Waals surface area contributed by atoms with E-state index in [0.717, 1.165) is 38.5 Å². The third-order valence-corrected chi connectivity index (χ3v) is 11.1. The lowest BCUT2D eigenvalue weighted by molar-refractivity contribution is 0.487. The van der Waals surface area contributed by atoms with Crippen LogP contribution in [0.4, 0.5) is 0 Å². The zero-order valence-corrected chi connectivity index (χ0v) is 17.9. The monoisotopic (exact) mass is 413 g/mol. The molecule has 0 saturated heterocycles. The second kappa shape index (κ2) is 8.87. The summed E-state index contributed by atoms with van der Waals surface area (Å²) in [5.41, 5.74) is 0. The number of sulfone groups is 1. The van der Waals surface area contributed by atoms with Crippen molar-refractivity contribution in [2.24, 2.45) is 0 Å². The highest BCUT2D eigenvalue weighted by atomic mass is 32.2. The number of hydrogen-bond donors (Lipinski definition) is 0. The minimum atomic E-state index is -3.17. The minimum absolute atomic E-state index is 0.0286. The number of rotatable bonds is 5. The normalized spacial score (nSPS) is 26.8. The van der Waals surface area contributed by atoms with Gasteiger partial charge in [-0.1, -0.05) is 61.8 Å². The van der Waals surface area contributed by atoms with Crippen molar-refractivity contribution in [3.8, 4) is 0 Å². The van der Waals surface area contributed by atoms with Crippen LogP contribution in [0.1, 0.15) is 44.9 Å². The van der Waals surface area contributed by atoms with Crippen molar-refractivity contribution in [2.45, 2.75) is 65.6 Å². The maximum absolute atomic E-state index is 13.1. The van der Waals surface area contributed by atoms with Gasteiger partial charge in [-0.15, -0.1) is 0 Å². The lowest BCUT2D eigenvalue weighted by Crippen LogP contribution is -2.32. The number of allylic oxidation sites excluding steroid dienone is 5. The van der Waals surface area contributed by atoms with Crippen LogP contribution in [0, 0.1) is 0 Å². The molecule has 148 valence electrons. The fraction of sp³-hybridized carbons (Fsp3) is 0.417. The Morgan fingerprint density at radius 2 is 1.61 bits per heavy atom. The van der Waals surface area contributed by atoms with E-state index in [1.807, 2.05) is 12.2 Å². The van der Waals surface area contributed by atoms with Crippen molar-refractivity contribution in [3.63, 3.8) is 0 Å². The molecular weight excluding hydrogens is 384 g/mol. The molecule has 4 heteroatoms. The topological polar surface area (TPSA) is 34.1 Å². The Labute approximate surface area is 172 Å². The average molecular weight is 414 g/mol. The van der Waals surface area contributed by atoms with Gasteiger partial charge in [-0.05, 0) is 43.2 Å². The first-order valence-corrected chi connectivity index (χ1v) is 13.3. The molecule has 1 saturated carbocycles. The van der Waals surface area contributed by atoms with Gasteiger partial charge in [0.2, 0.25) is 0 Å². The van der Waals surface area contributed by atoms with Crippen LogP contribution in [0.25, 0.3) is 0 Å². The molecule has 28 heavy (non-hydrogen) atoms. The van der Waals surface area contributed by atoms with Crippen LogP contribution in [0.5, 0.6) is 0 Å². The molecule has 0 aromatic heterocycles.